The predicted molar refractivity (Wildman–Crippen MR) is 108 cm³/mol. The highest BCUT2D eigenvalue weighted by Gasteiger charge is 2.35. The first kappa shape index (κ1) is 16.7. The van der Waals surface area contributed by atoms with E-state index in [1.807, 2.05) is 0 Å². The third-order valence-electron chi connectivity index (χ3n) is 5.16. The number of nitrogens with one attached hydrogen (secondary N) is 1. The normalized spacial score (nSPS) is 16.8. The number of thiophene rings is 1. The molecule has 0 radical (unpaired) electrons. The number of hydrogen-bond donors (Lipinski definition) is 2. The van der Waals surface area contributed by atoms with Gasteiger partial charge in [-0.1, -0.05) is 35.6 Å². The van der Waals surface area contributed by atoms with Gasteiger partial charge < -0.3 is 14.9 Å². The van der Waals surface area contributed by atoms with Crippen LogP contribution in [0.3, 0.4) is 0 Å². The van der Waals surface area contributed by atoms with E-state index in [1.165, 1.54) is 33.1 Å². The Kier molecular flexibility index (Phi) is 4.31. The molecule has 0 spiro atoms. The Morgan fingerprint density at radius 3 is 2.59 bits per heavy atom. The van der Waals surface area contributed by atoms with Crippen LogP contribution in [-0.4, -0.2) is 45.9 Å². The van der Waals surface area contributed by atoms with E-state index in [9.17, 15) is 5.11 Å². The van der Waals surface area contributed by atoms with Crippen LogP contribution < -0.4 is 9.80 Å². The van der Waals surface area contributed by atoms with Crippen LogP contribution in [0.15, 0.2) is 54.2 Å². The Labute approximate surface area is 164 Å². The molecule has 3 aromatic heterocycles. The number of benzene rings is 1. The van der Waals surface area contributed by atoms with E-state index < -0.39 is 0 Å². The number of nitrogens with zero attached hydrogens (tertiary/aromatic N) is 4. The fourth-order valence-electron chi connectivity index (χ4n) is 3.83. The smallest absolute Gasteiger partial charge is 0.235 e. The highest BCUT2D eigenvalue weighted by molar-refractivity contribution is 7.17. The Hall–Kier alpha value is -2.42. The average molecular weight is 399 g/mol. The maximum atomic E-state index is 10.8. The third kappa shape index (κ3) is 2.99. The van der Waals surface area contributed by atoms with Gasteiger partial charge in [-0.25, -0.2) is 4.98 Å². The Balaban J connectivity index is 1.44. The Morgan fingerprint density at radius 2 is 1.89 bits per heavy atom. The van der Waals surface area contributed by atoms with Gasteiger partial charge in [-0.05, 0) is 23.6 Å². The highest BCUT2D eigenvalue weighted by Crippen LogP contribution is 2.36. The largest absolute Gasteiger partial charge is 0.492 e. The molecule has 138 valence electrons. The van der Waals surface area contributed by atoms with Crippen molar-refractivity contribution in [3.8, 4) is 5.88 Å². The first-order valence-corrected chi connectivity index (χ1v) is 10.7. The van der Waals surface area contributed by atoms with Crippen LogP contribution in [0.1, 0.15) is 15.8 Å². The number of quaternary nitrogens is 1. The zero-order valence-corrected chi connectivity index (χ0v) is 16.3. The first-order chi connectivity index (χ1) is 13.3. The number of aromatic nitrogens is 3. The summed E-state index contributed by atoms with van der Waals surface area (Å²) >= 11 is 3.29. The molecule has 4 heterocycles. The van der Waals surface area contributed by atoms with Crippen molar-refractivity contribution in [2.24, 2.45) is 0 Å². The molecule has 27 heavy (non-hydrogen) atoms. The van der Waals surface area contributed by atoms with Crippen molar-refractivity contribution in [1.82, 2.24) is 14.6 Å². The lowest BCUT2D eigenvalue weighted by atomic mass is 10.1. The molecule has 0 unspecified atom stereocenters. The SMILES string of the molecule is Oc1c([C@@H](c2cccs2)[NH+]2CCN(c3ccccc3)CC2)sc2ncnn12. The van der Waals surface area contributed by atoms with Gasteiger partial charge in [-0.2, -0.15) is 9.61 Å². The molecule has 0 bridgehead atoms. The quantitative estimate of drug-likeness (QED) is 0.553. The van der Waals surface area contributed by atoms with Gasteiger partial charge in [0.25, 0.3) is 0 Å². The minimum atomic E-state index is 0.122. The zero-order valence-electron chi connectivity index (χ0n) is 14.7. The van der Waals surface area contributed by atoms with Gasteiger partial charge in [0.05, 0.1) is 31.1 Å². The topological polar surface area (TPSA) is 58.1 Å². The number of hydrogen-bond acceptors (Lipinski definition) is 6. The minimum Gasteiger partial charge on any atom is -0.492 e. The zero-order chi connectivity index (χ0) is 18.2. The Bertz CT molecular complexity index is 1020. The molecule has 0 aliphatic carbocycles. The predicted octanol–water partition coefficient (Wildman–Crippen LogP) is 2.05. The van der Waals surface area contributed by atoms with Crippen LogP contribution in [0, 0.1) is 0 Å². The summed E-state index contributed by atoms with van der Waals surface area (Å²) in [6.07, 6.45) is 1.49. The molecule has 2 N–H and O–H groups in total. The van der Waals surface area contributed by atoms with E-state index in [1.54, 1.807) is 15.9 Å². The van der Waals surface area contributed by atoms with E-state index in [0.29, 0.717) is 0 Å². The van der Waals surface area contributed by atoms with Crippen LogP contribution in [-0.2, 0) is 0 Å². The van der Waals surface area contributed by atoms with E-state index in [2.05, 4.69) is 62.8 Å². The molecule has 6 nitrogen and oxygen atoms in total. The summed E-state index contributed by atoms with van der Waals surface area (Å²) in [5.74, 6) is 0.226. The van der Waals surface area contributed by atoms with Crippen molar-refractivity contribution < 1.29 is 10.0 Å². The molecule has 1 aliphatic heterocycles. The van der Waals surface area contributed by atoms with Crippen LogP contribution in [0.5, 0.6) is 5.88 Å². The van der Waals surface area contributed by atoms with Gasteiger partial charge >= 0.3 is 0 Å². The molecule has 1 aliphatic rings. The number of aromatic hydroxyl groups is 1. The summed E-state index contributed by atoms with van der Waals surface area (Å²) in [4.78, 5) is 11.1. The van der Waals surface area contributed by atoms with Crippen LogP contribution >= 0.6 is 22.7 Å². The molecule has 0 saturated carbocycles. The van der Waals surface area contributed by atoms with Crippen molar-refractivity contribution in [3.63, 3.8) is 0 Å². The average Bonchev–Trinajstić information content (AvgIpc) is 3.45. The standard InChI is InChI=1S/C19H19N5OS2/c25-18-17(27-19-20-13-21-24(18)19)16(15-7-4-12-26-15)23-10-8-22(9-11-23)14-5-2-1-3-6-14/h1-7,12-13,16,25H,8-11H2/p+1/t16-/m1/s1. The van der Waals surface area contributed by atoms with Crippen molar-refractivity contribution in [1.29, 1.82) is 0 Å². The monoisotopic (exact) mass is 398 g/mol. The van der Waals surface area contributed by atoms with Crippen LogP contribution in [0.2, 0.25) is 0 Å². The number of fused-ring (bicyclic) bond motifs is 1. The van der Waals surface area contributed by atoms with Crippen molar-refractivity contribution in [2.75, 3.05) is 31.1 Å². The van der Waals surface area contributed by atoms with Gasteiger partial charge in [0.2, 0.25) is 10.8 Å². The molecule has 1 atom stereocenters. The molecule has 1 aromatic carbocycles. The van der Waals surface area contributed by atoms with Crippen molar-refractivity contribution >= 4 is 33.3 Å². The molecule has 1 fully saturated rings. The second-order valence-corrected chi connectivity index (χ2v) is 8.66. The van der Waals surface area contributed by atoms with Crippen LogP contribution in [0.4, 0.5) is 5.69 Å². The fourth-order valence-corrected chi connectivity index (χ4v) is 5.91. The van der Waals surface area contributed by atoms with Crippen molar-refractivity contribution in [3.05, 3.63) is 63.9 Å². The number of thiazole rings is 1. The second-order valence-electron chi connectivity index (χ2n) is 6.67. The summed E-state index contributed by atoms with van der Waals surface area (Å²) in [5.41, 5.74) is 1.28. The summed E-state index contributed by atoms with van der Waals surface area (Å²) in [6.45, 7) is 4.04. The summed E-state index contributed by atoms with van der Waals surface area (Å²) in [7, 11) is 0. The summed E-state index contributed by atoms with van der Waals surface area (Å²) in [5, 5.41) is 17.0. The Morgan fingerprint density at radius 1 is 1.07 bits per heavy atom. The van der Waals surface area contributed by atoms with E-state index in [0.717, 1.165) is 36.0 Å². The number of piperazine rings is 1. The summed E-state index contributed by atoms with van der Waals surface area (Å²) in [6, 6.07) is 15.0. The highest BCUT2D eigenvalue weighted by atomic mass is 32.1. The number of rotatable bonds is 4. The lowest BCUT2D eigenvalue weighted by molar-refractivity contribution is -0.925. The minimum absolute atomic E-state index is 0.122. The molecule has 1 saturated heterocycles. The van der Waals surface area contributed by atoms with Gasteiger partial charge in [-0.3, -0.25) is 0 Å². The first-order valence-electron chi connectivity index (χ1n) is 9.00. The van der Waals surface area contributed by atoms with Gasteiger partial charge in [0.1, 0.15) is 11.2 Å². The summed E-state index contributed by atoms with van der Waals surface area (Å²) < 4.78 is 1.54. The molecule has 5 rings (SSSR count). The second kappa shape index (κ2) is 6.95. The molecule has 0 amide bonds. The van der Waals surface area contributed by atoms with Crippen LogP contribution in [0.25, 0.3) is 4.96 Å². The van der Waals surface area contributed by atoms with Gasteiger partial charge in [0, 0.05) is 5.69 Å². The van der Waals surface area contributed by atoms with E-state index in [-0.39, 0.29) is 11.9 Å². The molecule has 4 aromatic rings. The molecule has 8 heteroatoms. The van der Waals surface area contributed by atoms with Gasteiger partial charge in [-0.15, -0.1) is 11.3 Å². The maximum Gasteiger partial charge on any atom is 0.235 e. The van der Waals surface area contributed by atoms with Crippen molar-refractivity contribution in [2.45, 2.75) is 6.04 Å². The molecular formula is C19H20N5OS2+. The van der Waals surface area contributed by atoms with E-state index in [4.69, 9.17) is 0 Å². The fraction of sp³-hybridized carbons (Fsp3) is 0.263. The maximum absolute atomic E-state index is 10.8. The third-order valence-corrected chi connectivity index (χ3v) is 7.20. The van der Waals surface area contributed by atoms with E-state index >= 15 is 0 Å². The van der Waals surface area contributed by atoms with Gasteiger partial charge in [0.15, 0.2) is 6.04 Å². The lowest BCUT2D eigenvalue weighted by Gasteiger charge is -2.37. The lowest BCUT2D eigenvalue weighted by Crippen LogP contribution is -3.15. The molecular weight excluding hydrogens is 378 g/mol. The number of para-hydroxylation sites is 1. The number of anilines is 1.